The molecule has 0 saturated heterocycles. The van der Waals surface area contributed by atoms with Crippen LogP contribution in [-0.4, -0.2) is 24.2 Å². The molecule has 0 aliphatic heterocycles. The minimum Gasteiger partial charge on any atom is -0.493 e. The molecule has 1 aliphatic carbocycles. The Kier molecular flexibility index (Phi) is 4.05. The molecule has 0 spiro atoms. The van der Waals surface area contributed by atoms with Crippen LogP contribution in [0.2, 0.25) is 0 Å². The summed E-state index contributed by atoms with van der Waals surface area (Å²) in [4.78, 5) is 10.8. The van der Waals surface area contributed by atoms with E-state index in [9.17, 15) is 0 Å². The summed E-state index contributed by atoms with van der Waals surface area (Å²) in [6, 6.07) is 3.87. The van der Waals surface area contributed by atoms with Crippen LogP contribution in [0.1, 0.15) is 23.9 Å². The third-order valence-corrected chi connectivity index (χ3v) is 6.26. The van der Waals surface area contributed by atoms with Crippen LogP contribution in [0.4, 0.5) is 10.3 Å². The first kappa shape index (κ1) is 15.7. The second-order valence-corrected chi connectivity index (χ2v) is 8.17. The van der Waals surface area contributed by atoms with Gasteiger partial charge in [-0.25, -0.2) is 9.97 Å². The third-order valence-electron chi connectivity index (χ3n) is 4.29. The molecule has 5 nitrogen and oxygen atoms in total. The van der Waals surface area contributed by atoms with Crippen molar-refractivity contribution < 1.29 is 9.47 Å². The fourth-order valence-electron chi connectivity index (χ4n) is 2.99. The molecule has 1 aliphatic rings. The molecule has 0 fully saturated rings. The van der Waals surface area contributed by atoms with Crippen molar-refractivity contribution in [3.8, 4) is 11.5 Å². The molecule has 126 valence electrons. The zero-order valence-electron chi connectivity index (χ0n) is 13.9. The molecule has 4 rings (SSSR count). The highest BCUT2D eigenvalue weighted by molar-refractivity contribution is 7.22. The van der Waals surface area contributed by atoms with Gasteiger partial charge in [0.1, 0.15) is 0 Å². The molecule has 0 saturated carbocycles. The molecule has 1 aromatic carbocycles. The largest absolute Gasteiger partial charge is 0.493 e. The Hall–Kier alpha value is -1.86. The van der Waals surface area contributed by atoms with Crippen molar-refractivity contribution in [3.63, 3.8) is 0 Å². The van der Waals surface area contributed by atoms with Gasteiger partial charge < -0.3 is 14.8 Å². The van der Waals surface area contributed by atoms with Crippen molar-refractivity contribution in [2.75, 3.05) is 19.5 Å². The topological polar surface area (TPSA) is 56.3 Å². The molecule has 3 aromatic rings. The number of anilines is 2. The van der Waals surface area contributed by atoms with E-state index < -0.39 is 0 Å². The number of fused-ring (bicyclic) bond motifs is 2. The van der Waals surface area contributed by atoms with Gasteiger partial charge in [0.25, 0.3) is 0 Å². The lowest BCUT2D eigenvalue weighted by molar-refractivity contribution is 0.356. The van der Waals surface area contributed by atoms with E-state index >= 15 is 0 Å². The van der Waals surface area contributed by atoms with Gasteiger partial charge >= 0.3 is 0 Å². The molecule has 0 unspecified atom stereocenters. The van der Waals surface area contributed by atoms with E-state index in [1.807, 2.05) is 12.1 Å². The van der Waals surface area contributed by atoms with Gasteiger partial charge in [-0.2, -0.15) is 0 Å². The lowest BCUT2D eigenvalue weighted by Crippen LogP contribution is -2.09. The predicted molar refractivity (Wildman–Crippen MR) is 99.3 cm³/mol. The smallest absolute Gasteiger partial charge is 0.190 e. The zero-order chi connectivity index (χ0) is 16.7. The Labute approximate surface area is 148 Å². The molecule has 0 bridgehead atoms. The molecule has 0 amide bonds. The maximum atomic E-state index is 5.36. The molecule has 2 aromatic heterocycles. The van der Waals surface area contributed by atoms with Crippen LogP contribution >= 0.6 is 22.7 Å². The van der Waals surface area contributed by atoms with Crippen LogP contribution in [-0.2, 0) is 12.8 Å². The summed E-state index contributed by atoms with van der Waals surface area (Å²) in [5.41, 5.74) is 2.15. The summed E-state index contributed by atoms with van der Waals surface area (Å²) in [5.74, 6) is 2.17. The number of thiazole rings is 2. The molecular weight excluding hydrogens is 342 g/mol. The van der Waals surface area contributed by atoms with Crippen LogP contribution in [0.25, 0.3) is 10.2 Å². The number of aromatic nitrogens is 2. The monoisotopic (exact) mass is 361 g/mol. The summed E-state index contributed by atoms with van der Waals surface area (Å²) in [7, 11) is 3.28. The van der Waals surface area contributed by atoms with Crippen LogP contribution in [0, 0.1) is 5.92 Å². The Morgan fingerprint density at radius 1 is 1.08 bits per heavy atom. The van der Waals surface area contributed by atoms with Gasteiger partial charge in [0.2, 0.25) is 0 Å². The van der Waals surface area contributed by atoms with Crippen LogP contribution in [0.5, 0.6) is 11.5 Å². The first-order valence-electron chi connectivity index (χ1n) is 7.94. The normalized spacial score (nSPS) is 16.9. The summed E-state index contributed by atoms with van der Waals surface area (Å²) >= 11 is 3.35. The highest BCUT2D eigenvalue weighted by Crippen LogP contribution is 2.38. The minimum atomic E-state index is 0.695. The average molecular weight is 361 g/mol. The van der Waals surface area contributed by atoms with E-state index in [1.165, 1.54) is 17.0 Å². The highest BCUT2D eigenvalue weighted by Gasteiger charge is 2.20. The van der Waals surface area contributed by atoms with E-state index in [0.29, 0.717) is 5.75 Å². The predicted octanol–water partition coefficient (Wildman–Crippen LogP) is 4.64. The van der Waals surface area contributed by atoms with E-state index in [-0.39, 0.29) is 0 Å². The standard InChI is InChI=1S/C17H19N3O2S2/c1-9-4-5-10-14(6-9)23-16(18-10)20-17-19-11-7-12(21-2)13(22-3)8-15(11)24-17/h7-9H,4-6H2,1-3H3,(H,18,19,20)/t9-/m0/s1. The molecule has 1 N–H and O–H groups in total. The second-order valence-electron chi connectivity index (χ2n) is 6.06. The number of nitrogens with zero attached hydrogens (tertiary/aromatic N) is 2. The number of hydrogen-bond donors (Lipinski definition) is 1. The fourth-order valence-corrected chi connectivity index (χ4v) is 5.10. The van der Waals surface area contributed by atoms with E-state index in [4.69, 9.17) is 14.5 Å². The molecule has 0 radical (unpaired) electrons. The SMILES string of the molecule is COc1cc2nc(Nc3nc4c(s3)C[C@@H](C)CC4)sc2cc1OC. The van der Waals surface area contributed by atoms with Crippen LogP contribution in [0.3, 0.4) is 0 Å². The number of nitrogens with one attached hydrogen (secondary N) is 1. The molecule has 7 heteroatoms. The van der Waals surface area contributed by atoms with Crippen molar-refractivity contribution in [3.05, 3.63) is 22.7 Å². The van der Waals surface area contributed by atoms with E-state index in [2.05, 4.69) is 17.2 Å². The number of methoxy groups -OCH3 is 2. The van der Waals surface area contributed by atoms with Gasteiger partial charge in [-0.3, -0.25) is 0 Å². The van der Waals surface area contributed by atoms with Crippen molar-refractivity contribution in [1.29, 1.82) is 0 Å². The van der Waals surface area contributed by atoms with Gasteiger partial charge in [0, 0.05) is 17.0 Å². The van der Waals surface area contributed by atoms with E-state index in [0.717, 1.165) is 45.0 Å². The number of ether oxygens (including phenoxy) is 2. The second kappa shape index (κ2) is 6.22. The number of aryl methyl sites for hydroxylation is 1. The number of rotatable bonds is 4. The molecule has 2 heterocycles. The Morgan fingerprint density at radius 2 is 1.83 bits per heavy atom. The fraction of sp³-hybridized carbons (Fsp3) is 0.412. The molecule has 1 atom stereocenters. The summed E-state index contributed by atoms with van der Waals surface area (Å²) < 4.78 is 11.8. The van der Waals surface area contributed by atoms with Crippen molar-refractivity contribution in [2.45, 2.75) is 26.2 Å². The maximum absolute atomic E-state index is 5.36. The number of hydrogen-bond acceptors (Lipinski definition) is 7. The third kappa shape index (κ3) is 2.82. The highest BCUT2D eigenvalue weighted by atomic mass is 32.1. The van der Waals surface area contributed by atoms with Gasteiger partial charge in [-0.05, 0) is 25.2 Å². The lowest BCUT2D eigenvalue weighted by Gasteiger charge is -2.15. The Bertz CT molecular complexity index is 846. The van der Waals surface area contributed by atoms with Gasteiger partial charge in [-0.15, -0.1) is 11.3 Å². The van der Waals surface area contributed by atoms with Crippen molar-refractivity contribution in [2.24, 2.45) is 5.92 Å². The van der Waals surface area contributed by atoms with Gasteiger partial charge in [-0.1, -0.05) is 18.3 Å². The average Bonchev–Trinajstić information content (AvgIpc) is 3.15. The Morgan fingerprint density at radius 3 is 2.62 bits per heavy atom. The molecular formula is C17H19N3O2S2. The quantitative estimate of drug-likeness (QED) is 0.734. The van der Waals surface area contributed by atoms with Crippen molar-refractivity contribution >= 4 is 43.2 Å². The van der Waals surface area contributed by atoms with Crippen LogP contribution < -0.4 is 14.8 Å². The zero-order valence-corrected chi connectivity index (χ0v) is 15.5. The van der Waals surface area contributed by atoms with Crippen molar-refractivity contribution in [1.82, 2.24) is 9.97 Å². The number of benzene rings is 1. The van der Waals surface area contributed by atoms with E-state index in [1.54, 1.807) is 36.9 Å². The van der Waals surface area contributed by atoms with Gasteiger partial charge in [0.15, 0.2) is 21.8 Å². The summed E-state index contributed by atoms with van der Waals surface area (Å²) in [6.45, 7) is 2.31. The lowest BCUT2D eigenvalue weighted by atomic mass is 9.93. The van der Waals surface area contributed by atoms with Gasteiger partial charge in [0.05, 0.1) is 30.1 Å². The van der Waals surface area contributed by atoms with Crippen LogP contribution in [0.15, 0.2) is 12.1 Å². The summed E-state index contributed by atoms with van der Waals surface area (Å²) in [6.07, 6.45) is 3.46. The first-order valence-corrected chi connectivity index (χ1v) is 9.57. The minimum absolute atomic E-state index is 0.695. The Balaban J connectivity index is 1.63. The first-order chi connectivity index (χ1) is 11.7. The summed E-state index contributed by atoms with van der Waals surface area (Å²) in [5, 5.41) is 5.16. The maximum Gasteiger partial charge on any atom is 0.190 e. The molecule has 24 heavy (non-hydrogen) atoms.